The van der Waals surface area contributed by atoms with Crippen LogP contribution in [-0.2, 0) is 12.5 Å². The van der Waals surface area contributed by atoms with Crippen LogP contribution in [0.1, 0.15) is 50.8 Å². The molecule has 0 atom stereocenters. The molecule has 0 aromatic carbocycles. The molecule has 0 bridgehead atoms. The monoisotopic (exact) mass is 205 g/mol. The zero-order valence-electron chi connectivity index (χ0n) is 10.0. The van der Waals surface area contributed by atoms with Gasteiger partial charge in [-0.3, -0.25) is 4.79 Å². The summed E-state index contributed by atoms with van der Waals surface area (Å²) in [5, 5.41) is 0. The minimum atomic E-state index is 0.0487. The fraction of sp³-hybridized carbons (Fsp3) is 0.615. The van der Waals surface area contributed by atoms with Crippen molar-refractivity contribution >= 4 is 0 Å². The molecule has 1 fully saturated rings. The van der Waals surface area contributed by atoms with Crippen molar-refractivity contribution in [1.29, 1.82) is 0 Å². The first-order valence-electron chi connectivity index (χ1n) is 5.61. The molecule has 0 unspecified atom stereocenters. The van der Waals surface area contributed by atoms with Gasteiger partial charge in [0.05, 0.1) is 0 Å². The van der Waals surface area contributed by atoms with E-state index in [-0.39, 0.29) is 11.0 Å². The van der Waals surface area contributed by atoms with E-state index in [0.29, 0.717) is 5.92 Å². The Morgan fingerprint density at radius 3 is 2.33 bits per heavy atom. The second-order valence-electron chi connectivity index (χ2n) is 5.56. The molecule has 1 aromatic heterocycles. The van der Waals surface area contributed by atoms with Gasteiger partial charge < -0.3 is 4.57 Å². The van der Waals surface area contributed by atoms with Gasteiger partial charge >= 0.3 is 0 Å². The molecule has 15 heavy (non-hydrogen) atoms. The maximum Gasteiger partial charge on any atom is 0.250 e. The van der Waals surface area contributed by atoms with Crippen LogP contribution in [0.3, 0.4) is 0 Å². The van der Waals surface area contributed by atoms with Gasteiger partial charge in [0.2, 0.25) is 5.56 Å². The SMILES string of the molecule is Cn1c(C(C)(C)C)c(C2CC2)ccc1=O. The van der Waals surface area contributed by atoms with Crippen LogP contribution in [0.2, 0.25) is 0 Å². The van der Waals surface area contributed by atoms with E-state index < -0.39 is 0 Å². The molecule has 82 valence electrons. The number of rotatable bonds is 1. The summed E-state index contributed by atoms with van der Waals surface area (Å²) in [4.78, 5) is 11.6. The summed E-state index contributed by atoms with van der Waals surface area (Å²) < 4.78 is 1.81. The summed E-state index contributed by atoms with van der Waals surface area (Å²) >= 11 is 0. The van der Waals surface area contributed by atoms with E-state index in [1.807, 2.05) is 17.7 Å². The zero-order valence-corrected chi connectivity index (χ0v) is 10.0. The van der Waals surface area contributed by atoms with Gasteiger partial charge in [0.1, 0.15) is 0 Å². The van der Waals surface area contributed by atoms with Gasteiger partial charge in [0.15, 0.2) is 0 Å². The largest absolute Gasteiger partial charge is 0.315 e. The number of hydrogen-bond acceptors (Lipinski definition) is 1. The molecule has 2 nitrogen and oxygen atoms in total. The highest BCUT2D eigenvalue weighted by atomic mass is 16.1. The van der Waals surface area contributed by atoms with Gasteiger partial charge in [-0.15, -0.1) is 0 Å². The van der Waals surface area contributed by atoms with Crippen LogP contribution < -0.4 is 5.56 Å². The summed E-state index contributed by atoms with van der Waals surface area (Å²) in [5.74, 6) is 0.700. The first kappa shape index (κ1) is 10.5. The summed E-state index contributed by atoms with van der Waals surface area (Å²) in [6.45, 7) is 6.52. The minimum Gasteiger partial charge on any atom is -0.315 e. The Morgan fingerprint density at radius 1 is 1.27 bits per heavy atom. The highest BCUT2D eigenvalue weighted by Gasteiger charge is 2.31. The van der Waals surface area contributed by atoms with E-state index in [1.54, 1.807) is 6.07 Å². The van der Waals surface area contributed by atoms with Crippen molar-refractivity contribution in [3.05, 3.63) is 33.7 Å². The van der Waals surface area contributed by atoms with E-state index in [9.17, 15) is 4.79 Å². The molecule has 2 heteroatoms. The number of pyridine rings is 1. The maximum absolute atomic E-state index is 11.6. The summed E-state index contributed by atoms with van der Waals surface area (Å²) in [6.07, 6.45) is 2.56. The van der Waals surface area contributed by atoms with Crippen LogP contribution in [-0.4, -0.2) is 4.57 Å². The Kier molecular flexibility index (Phi) is 2.25. The fourth-order valence-electron chi connectivity index (χ4n) is 2.32. The molecule has 1 aromatic rings. The molecule has 0 radical (unpaired) electrons. The van der Waals surface area contributed by atoms with Crippen LogP contribution >= 0.6 is 0 Å². The van der Waals surface area contributed by atoms with Crippen molar-refractivity contribution in [2.45, 2.75) is 44.9 Å². The lowest BCUT2D eigenvalue weighted by atomic mass is 9.86. The van der Waals surface area contributed by atoms with E-state index in [1.165, 1.54) is 24.1 Å². The van der Waals surface area contributed by atoms with Crippen molar-refractivity contribution in [2.24, 2.45) is 7.05 Å². The summed E-state index contributed by atoms with van der Waals surface area (Å²) in [5.41, 5.74) is 2.74. The maximum atomic E-state index is 11.6. The van der Waals surface area contributed by atoms with E-state index >= 15 is 0 Å². The van der Waals surface area contributed by atoms with Crippen LogP contribution in [0.15, 0.2) is 16.9 Å². The van der Waals surface area contributed by atoms with Gasteiger partial charge in [0.25, 0.3) is 0 Å². The average Bonchev–Trinajstić information content (AvgIpc) is 2.90. The molecular weight excluding hydrogens is 186 g/mol. The van der Waals surface area contributed by atoms with E-state index in [4.69, 9.17) is 0 Å². The zero-order chi connectivity index (χ0) is 11.2. The molecule has 0 aliphatic heterocycles. The Morgan fingerprint density at radius 2 is 1.87 bits per heavy atom. The third-order valence-electron chi connectivity index (χ3n) is 3.07. The topological polar surface area (TPSA) is 22.0 Å². The summed E-state index contributed by atoms with van der Waals surface area (Å²) in [7, 11) is 1.88. The Hall–Kier alpha value is -1.05. The third-order valence-corrected chi connectivity index (χ3v) is 3.07. The van der Waals surface area contributed by atoms with Gasteiger partial charge in [-0.05, 0) is 24.3 Å². The Bertz CT molecular complexity index is 433. The highest BCUT2D eigenvalue weighted by molar-refractivity contribution is 5.33. The predicted molar refractivity (Wildman–Crippen MR) is 62.4 cm³/mol. The second kappa shape index (κ2) is 3.22. The quantitative estimate of drug-likeness (QED) is 0.690. The van der Waals surface area contributed by atoms with Crippen LogP contribution in [0.4, 0.5) is 0 Å². The van der Waals surface area contributed by atoms with Crippen LogP contribution in [0.25, 0.3) is 0 Å². The molecule has 0 saturated heterocycles. The van der Waals surface area contributed by atoms with E-state index in [0.717, 1.165) is 0 Å². The molecule has 1 aliphatic rings. The lowest BCUT2D eigenvalue weighted by Crippen LogP contribution is -2.28. The fourth-order valence-corrected chi connectivity index (χ4v) is 2.32. The first-order valence-corrected chi connectivity index (χ1v) is 5.61. The molecule has 0 amide bonds. The number of nitrogens with zero attached hydrogens (tertiary/aromatic N) is 1. The normalized spacial score (nSPS) is 16.8. The van der Waals surface area contributed by atoms with Crippen molar-refractivity contribution < 1.29 is 0 Å². The number of aromatic nitrogens is 1. The first-order chi connectivity index (χ1) is 6.91. The molecule has 1 saturated carbocycles. The molecular formula is C13H19NO. The standard InChI is InChI=1S/C13H19NO/c1-13(2,3)12-10(9-5-6-9)7-8-11(15)14(12)4/h7-9H,5-6H2,1-4H3. The molecule has 2 rings (SSSR count). The van der Waals surface area contributed by atoms with Crippen LogP contribution in [0.5, 0.6) is 0 Å². The lowest BCUT2D eigenvalue weighted by Gasteiger charge is -2.25. The Balaban J connectivity index is 2.65. The van der Waals surface area contributed by atoms with E-state index in [2.05, 4.69) is 20.8 Å². The van der Waals surface area contributed by atoms with Gasteiger partial charge in [-0.2, -0.15) is 0 Å². The number of hydrogen-bond donors (Lipinski definition) is 0. The van der Waals surface area contributed by atoms with Crippen molar-refractivity contribution in [3.8, 4) is 0 Å². The average molecular weight is 205 g/mol. The smallest absolute Gasteiger partial charge is 0.250 e. The third kappa shape index (κ3) is 1.85. The summed E-state index contributed by atoms with van der Waals surface area (Å²) in [6, 6.07) is 3.73. The van der Waals surface area contributed by atoms with Gasteiger partial charge in [0, 0.05) is 24.2 Å². The highest BCUT2D eigenvalue weighted by Crippen LogP contribution is 2.43. The Labute approximate surface area is 90.9 Å². The van der Waals surface area contributed by atoms with Crippen molar-refractivity contribution in [2.75, 3.05) is 0 Å². The van der Waals surface area contributed by atoms with Gasteiger partial charge in [-0.25, -0.2) is 0 Å². The van der Waals surface area contributed by atoms with Crippen molar-refractivity contribution in [3.63, 3.8) is 0 Å². The molecule has 1 heterocycles. The van der Waals surface area contributed by atoms with Gasteiger partial charge in [-0.1, -0.05) is 26.8 Å². The second-order valence-corrected chi connectivity index (χ2v) is 5.56. The molecule has 1 aliphatic carbocycles. The van der Waals surface area contributed by atoms with Crippen LogP contribution in [0, 0.1) is 0 Å². The lowest BCUT2D eigenvalue weighted by molar-refractivity contribution is 0.522. The molecule has 0 spiro atoms. The molecule has 0 N–H and O–H groups in total. The van der Waals surface area contributed by atoms with Crippen molar-refractivity contribution in [1.82, 2.24) is 4.57 Å². The minimum absolute atomic E-state index is 0.0487. The predicted octanol–water partition coefficient (Wildman–Crippen LogP) is 2.56.